The van der Waals surface area contributed by atoms with Gasteiger partial charge in [0.05, 0.1) is 24.7 Å². The van der Waals surface area contributed by atoms with Crippen LogP contribution < -0.4 is 5.32 Å². The van der Waals surface area contributed by atoms with E-state index in [2.05, 4.69) is 41.4 Å². The molecule has 0 spiro atoms. The van der Waals surface area contributed by atoms with E-state index in [1.165, 1.54) is 43.3 Å². The van der Waals surface area contributed by atoms with Crippen LogP contribution in [0.15, 0.2) is 24.3 Å². The van der Waals surface area contributed by atoms with Crippen molar-refractivity contribution in [2.24, 2.45) is 5.92 Å². The summed E-state index contributed by atoms with van der Waals surface area (Å²) in [5.74, 6) is 1.56. The van der Waals surface area contributed by atoms with Crippen LogP contribution in [0.2, 0.25) is 0 Å². The number of piperidine rings is 1. The largest absolute Gasteiger partial charge is 0.378 e. The smallest absolute Gasteiger partial charge is 0.232 e. The Morgan fingerprint density at radius 1 is 1.03 bits per heavy atom. The number of carbonyl (C=O) groups excluding carboxylic acids is 2. The first-order valence-electron chi connectivity index (χ1n) is 10.6. The lowest BCUT2D eigenvalue weighted by Crippen LogP contribution is -2.41. The van der Waals surface area contributed by atoms with E-state index < -0.39 is 0 Å². The minimum absolute atomic E-state index is 0.0312. The van der Waals surface area contributed by atoms with E-state index in [4.69, 9.17) is 4.74 Å². The maximum Gasteiger partial charge on any atom is 0.232 e. The molecule has 0 aliphatic carbocycles. The van der Waals surface area contributed by atoms with Crippen LogP contribution in [0.3, 0.4) is 0 Å². The highest BCUT2D eigenvalue weighted by molar-refractivity contribution is 8.00. The van der Waals surface area contributed by atoms with E-state index in [1.54, 1.807) is 4.90 Å². The molecule has 0 aromatic heterocycles. The molecule has 2 saturated heterocycles. The fourth-order valence-corrected chi connectivity index (χ4v) is 4.37. The van der Waals surface area contributed by atoms with E-state index in [0.29, 0.717) is 44.4 Å². The van der Waals surface area contributed by atoms with Crippen molar-refractivity contribution in [1.82, 2.24) is 15.1 Å². The molecule has 0 bridgehead atoms. The summed E-state index contributed by atoms with van der Waals surface area (Å²) in [6.07, 6.45) is 2.58. The molecule has 1 aromatic carbocycles. The van der Waals surface area contributed by atoms with Gasteiger partial charge in [-0.15, -0.1) is 11.8 Å². The Hall–Kier alpha value is -1.57. The first-order chi connectivity index (χ1) is 14.1. The quantitative estimate of drug-likeness (QED) is 0.699. The Balaban J connectivity index is 1.31. The maximum absolute atomic E-state index is 12.1. The summed E-state index contributed by atoms with van der Waals surface area (Å²) in [6.45, 7) is 8.75. The summed E-state index contributed by atoms with van der Waals surface area (Å²) in [7, 11) is 0. The Kier molecular flexibility index (Phi) is 8.83. The van der Waals surface area contributed by atoms with Crippen LogP contribution in [0.25, 0.3) is 0 Å². The minimum atomic E-state index is -0.0312. The lowest BCUT2D eigenvalue weighted by atomic mass is 9.99. The molecular formula is C22H33N3O3S. The summed E-state index contributed by atoms with van der Waals surface area (Å²) in [5, 5.41) is 2.94. The number of morpholine rings is 1. The predicted octanol–water partition coefficient (Wildman–Crippen LogP) is 2.13. The number of nitrogens with zero attached hydrogens (tertiary/aromatic N) is 2. The normalized spacial score (nSPS) is 18.6. The molecule has 0 unspecified atom stereocenters. The molecule has 2 heterocycles. The molecule has 1 aromatic rings. The van der Waals surface area contributed by atoms with Gasteiger partial charge in [-0.05, 0) is 43.0 Å². The van der Waals surface area contributed by atoms with Crippen LogP contribution in [0, 0.1) is 5.92 Å². The molecule has 160 valence electrons. The summed E-state index contributed by atoms with van der Waals surface area (Å²) in [5.41, 5.74) is 2.43. The summed E-state index contributed by atoms with van der Waals surface area (Å²) in [4.78, 5) is 28.4. The average molecular weight is 420 g/mol. The zero-order valence-corrected chi connectivity index (χ0v) is 18.2. The van der Waals surface area contributed by atoms with Gasteiger partial charge in [0, 0.05) is 26.2 Å². The molecule has 2 aliphatic rings. The van der Waals surface area contributed by atoms with E-state index in [0.717, 1.165) is 18.0 Å². The van der Waals surface area contributed by atoms with E-state index in [1.807, 2.05) is 0 Å². The highest BCUT2D eigenvalue weighted by Gasteiger charge is 2.17. The summed E-state index contributed by atoms with van der Waals surface area (Å²) < 4.78 is 5.25. The van der Waals surface area contributed by atoms with Gasteiger partial charge in [-0.2, -0.15) is 0 Å². The fourth-order valence-electron chi connectivity index (χ4n) is 3.63. The Bertz CT molecular complexity index is 654. The number of hydrogen-bond donors (Lipinski definition) is 1. The highest BCUT2D eigenvalue weighted by Crippen LogP contribution is 2.18. The first kappa shape index (κ1) is 22.1. The van der Waals surface area contributed by atoms with Crippen molar-refractivity contribution >= 4 is 23.6 Å². The number of carbonyl (C=O) groups is 2. The molecule has 2 aliphatic heterocycles. The second-order valence-electron chi connectivity index (χ2n) is 8.04. The van der Waals surface area contributed by atoms with E-state index >= 15 is 0 Å². The zero-order valence-electron chi connectivity index (χ0n) is 17.4. The van der Waals surface area contributed by atoms with Gasteiger partial charge in [0.2, 0.25) is 11.8 Å². The Morgan fingerprint density at radius 2 is 1.69 bits per heavy atom. The van der Waals surface area contributed by atoms with Crippen LogP contribution >= 0.6 is 11.8 Å². The lowest BCUT2D eigenvalue weighted by molar-refractivity contribution is -0.132. The zero-order chi connectivity index (χ0) is 20.5. The average Bonchev–Trinajstić information content (AvgIpc) is 2.75. The van der Waals surface area contributed by atoms with Gasteiger partial charge in [0.15, 0.2) is 0 Å². The molecule has 3 rings (SSSR count). The molecule has 6 nitrogen and oxygen atoms in total. The second-order valence-corrected chi connectivity index (χ2v) is 9.02. The monoisotopic (exact) mass is 419 g/mol. The fraction of sp³-hybridized carbons (Fsp3) is 0.636. The van der Waals surface area contributed by atoms with Gasteiger partial charge in [-0.25, -0.2) is 0 Å². The predicted molar refractivity (Wildman–Crippen MR) is 117 cm³/mol. The van der Waals surface area contributed by atoms with Gasteiger partial charge in [-0.3, -0.25) is 14.5 Å². The number of amides is 2. The van der Waals surface area contributed by atoms with E-state index in [-0.39, 0.29) is 11.8 Å². The van der Waals surface area contributed by atoms with Crippen LogP contribution in [0.4, 0.5) is 0 Å². The number of thioether (sulfide) groups is 1. The van der Waals surface area contributed by atoms with Crippen LogP contribution in [-0.4, -0.2) is 72.5 Å². The van der Waals surface area contributed by atoms with E-state index in [9.17, 15) is 9.59 Å². The third-order valence-electron chi connectivity index (χ3n) is 5.62. The SMILES string of the molecule is CC1CCN(Cc2ccc(CNC(=O)CSCC(=O)N3CCOCC3)cc2)CC1. The molecule has 0 atom stereocenters. The summed E-state index contributed by atoms with van der Waals surface area (Å²) in [6, 6.07) is 8.51. The molecule has 0 radical (unpaired) electrons. The van der Waals surface area contributed by atoms with Crippen molar-refractivity contribution in [2.45, 2.75) is 32.9 Å². The molecule has 2 fully saturated rings. The summed E-state index contributed by atoms with van der Waals surface area (Å²) >= 11 is 1.37. The number of hydrogen-bond acceptors (Lipinski definition) is 5. The number of ether oxygens (including phenoxy) is 1. The molecule has 7 heteroatoms. The third kappa shape index (κ3) is 7.64. The Morgan fingerprint density at radius 3 is 2.38 bits per heavy atom. The molecule has 0 saturated carbocycles. The highest BCUT2D eigenvalue weighted by atomic mass is 32.2. The van der Waals surface area contributed by atoms with Crippen molar-refractivity contribution in [1.29, 1.82) is 0 Å². The minimum Gasteiger partial charge on any atom is -0.378 e. The maximum atomic E-state index is 12.1. The number of rotatable bonds is 8. The lowest BCUT2D eigenvalue weighted by Gasteiger charge is -2.30. The second kappa shape index (κ2) is 11.6. The van der Waals surface area contributed by atoms with Crippen molar-refractivity contribution in [3.8, 4) is 0 Å². The van der Waals surface area contributed by atoms with Gasteiger partial charge in [-0.1, -0.05) is 31.2 Å². The van der Waals surface area contributed by atoms with Crippen LogP contribution in [0.1, 0.15) is 30.9 Å². The van der Waals surface area contributed by atoms with Crippen molar-refractivity contribution < 1.29 is 14.3 Å². The number of benzene rings is 1. The Labute approximate surface area is 178 Å². The third-order valence-corrected chi connectivity index (χ3v) is 6.53. The van der Waals surface area contributed by atoms with Crippen molar-refractivity contribution in [3.05, 3.63) is 35.4 Å². The molecule has 29 heavy (non-hydrogen) atoms. The van der Waals surface area contributed by atoms with Crippen LogP contribution in [0.5, 0.6) is 0 Å². The molecule has 2 amide bonds. The number of likely N-dealkylation sites (tertiary alicyclic amines) is 1. The van der Waals surface area contributed by atoms with Gasteiger partial charge in [0.1, 0.15) is 0 Å². The first-order valence-corrected chi connectivity index (χ1v) is 11.8. The standard InChI is InChI=1S/C22H33N3O3S/c1-18-6-8-24(9-7-18)15-20-4-2-19(3-5-20)14-23-21(26)16-29-17-22(27)25-10-12-28-13-11-25/h2-5,18H,6-17H2,1H3,(H,23,26). The van der Waals surface area contributed by atoms with Gasteiger partial charge < -0.3 is 15.0 Å². The molecule has 1 N–H and O–H groups in total. The van der Waals surface area contributed by atoms with Gasteiger partial charge in [0.25, 0.3) is 0 Å². The van der Waals surface area contributed by atoms with Crippen molar-refractivity contribution in [2.75, 3.05) is 50.9 Å². The van der Waals surface area contributed by atoms with Crippen LogP contribution in [-0.2, 0) is 27.4 Å². The topological polar surface area (TPSA) is 61.9 Å². The van der Waals surface area contributed by atoms with Gasteiger partial charge >= 0.3 is 0 Å². The molecular weight excluding hydrogens is 386 g/mol. The van der Waals surface area contributed by atoms with Crippen molar-refractivity contribution in [3.63, 3.8) is 0 Å². The number of nitrogens with one attached hydrogen (secondary N) is 1.